The van der Waals surface area contributed by atoms with Gasteiger partial charge >= 0.3 is 8.80 Å². The van der Waals surface area contributed by atoms with E-state index in [0.717, 1.165) is 32.0 Å². The molecule has 0 bridgehead atoms. The van der Waals surface area contributed by atoms with Gasteiger partial charge in [-0.1, -0.05) is 54.6 Å². The molecule has 0 aliphatic rings. The molecule has 4 nitrogen and oxygen atoms in total. The first-order chi connectivity index (χ1) is 17.7. The third-order valence-electron chi connectivity index (χ3n) is 5.55. The predicted octanol–water partition coefficient (Wildman–Crippen LogP) is 7.64. The molecular weight excluding hydrogens is 482 g/mol. The van der Waals surface area contributed by atoms with Crippen molar-refractivity contribution in [1.29, 1.82) is 0 Å². The summed E-state index contributed by atoms with van der Waals surface area (Å²) in [5, 5.41) is 0. The summed E-state index contributed by atoms with van der Waals surface area (Å²) in [6, 6.07) is 33.7. The van der Waals surface area contributed by atoms with Gasteiger partial charge in [-0.15, -0.1) is 11.3 Å². The van der Waals surface area contributed by atoms with E-state index < -0.39 is 8.80 Å². The highest BCUT2D eigenvalue weighted by Crippen LogP contribution is 2.34. The molecule has 0 radical (unpaired) electrons. The van der Waals surface area contributed by atoms with Crippen LogP contribution in [0.25, 0.3) is 12.2 Å². The first kappa shape index (κ1) is 26.1. The highest BCUT2D eigenvalue weighted by molar-refractivity contribution is 7.24. The first-order valence-corrected chi connectivity index (χ1v) is 14.9. The van der Waals surface area contributed by atoms with E-state index in [1.165, 1.54) is 0 Å². The highest BCUT2D eigenvalue weighted by atomic mass is 32.1. The average molecular weight is 516 g/mol. The lowest BCUT2D eigenvalue weighted by molar-refractivity contribution is 0.0866. The quantitative estimate of drug-likeness (QED) is 0.181. The van der Waals surface area contributed by atoms with Gasteiger partial charge in [0.05, 0.1) is 4.50 Å². The van der Waals surface area contributed by atoms with Crippen LogP contribution in [-0.4, -0.2) is 28.6 Å². The number of nitrogens with zero attached hydrogens (tertiary/aromatic N) is 1. The van der Waals surface area contributed by atoms with Crippen LogP contribution in [0.1, 0.15) is 31.2 Å². The Labute approximate surface area is 219 Å². The Hall–Kier alpha value is -3.00. The lowest BCUT2D eigenvalue weighted by Gasteiger charge is -2.27. The van der Waals surface area contributed by atoms with E-state index >= 15 is 0 Å². The van der Waals surface area contributed by atoms with Gasteiger partial charge in [0, 0.05) is 41.8 Å². The molecule has 186 valence electrons. The van der Waals surface area contributed by atoms with Crippen LogP contribution in [0.5, 0.6) is 0 Å². The third kappa shape index (κ3) is 6.21. The normalized spacial score (nSPS) is 11.8. The number of rotatable bonds is 12. The molecule has 1 aromatic heterocycles. The van der Waals surface area contributed by atoms with E-state index in [0.29, 0.717) is 19.8 Å². The van der Waals surface area contributed by atoms with Crippen LogP contribution in [0, 0.1) is 0 Å². The van der Waals surface area contributed by atoms with Crippen LogP contribution in [0.2, 0.25) is 0 Å². The second-order valence-corrected chi connectivity index (χ2v) is 12.0. The van der Waals surface area contributed by atoms with Crippen LogP contribution < -0.4 is 9.40 Å². The molecular formula is C30H33NO3SSi. The molecule has 0 fully saturated rings. The summed E-state index contributed by atoms with van der Waals surface area (Å²) in [5.74, 6) is 0. The fourth-order valence-corrected chi connectivity index (χ4v) is 8.18. The van der Waals surface area contributed by atoms with Gasteiger partial charge in [-0.2, -0.15) is 0 Å². The van der Waals surface area contributed by atoms with Crippen molar-refractivity contribution in [2.45, 2.75) is 20.8 Å². The van der Waals surface area contributed by atoms with Crippen molar-refractivity contribution in [3.05, 3.63) is 108 Å². The summed E-state index contributed by atoms with van der Waals surface area (Å²) >= 11 is 1.67. The van der Waals surface area contributed by atoms with Crippen LogP contribution in [-0.2, 0) is 13.3 Å². The maximum absolute atomic E-state index is 6.06. The Morgan fingerprint density at radius 1 is 0.611 bits per heavy atom. The van der Waals surface area contributed by atoms with Gasteiger partial charge in [0.25, 0.3) is 0 Å². The molecule has 1 heterocycles. The SMILES string of the molecule is CCO[Si](OCC)(OCC)c1ccc(/C=C/c2ccc(N(c3ccccc3)c3ccccc3)cc2)s1. The second kappa shape index (κ2) is 12.8. The molecule has 0 spiro atoms. The number of hydrogen-bond acceptors (Lipinski definition) is 5. The van der Waals surface area contributed by atoms with E-state index in [9.17, 15) is 0 Å². The smallest absolute Gasteiger partial charge is 0.370 e. The Balaban J connectivity index is 1.55. The summed E-state index contributed by atoms with van der Waals surface area (Å²) in [6.45, 7) is 7.62. The van der Waals surface area contributed by atoms with Crippen molar-refractivity contribution in [3.63, 3.8) is 0 Å². The number of anilines is 3. The fraction of sp³-hybridized carbons (Fsp3) is 0.200. The van der Waals surface area contributed by atoms with E-state index in [1.807, 2.05) is 32.9 Å². The molecule has 0 aliphatic carbocycles. The molecule has 4 rings (SSSR count). The van der Waals surface area contributed by atoms with Gasteiger partial charge in [0.15, 0.2) is 0 Å². The van der Waals surface area contributed by atoms with Crippen molar-refractivity contribution in [2.24, 2.45) is 0 Å². The van der Waals surface area contributed by atoms with E-state index in [1.54, 1.807) is 11.3 Å². The highest BCUT2D eigenvalue weighted by Gasteiger charge is 2.44. The van der Waals surface area contributed by atoms with Crippen molar-refractivity contribution in [1.82, 2.24) is 0 Å². The molecule has 3 aromatic carbocycles. The molecule has 0 unspecified atom stereocenters. The molecule has 0 saturated carbocycles. The molecule has 0 aliphatic heterocycles. The van der Waals surface area contributed by atoms with Crippen molar-refractivity contribution in [3.8, 4) is 0 Å². The van der Waals surface area contributed by atoms with Crippen molar-refractivity contribution >= 4 is 53.9 Å². The van der Waals surface area contributed by atoms with Gasteiger partial charge < -0.3 is 18.2 Å². The maximum Gasteiger partial charge on any atom is 0.547 e. The van der Waals surface area contributed by atoms with Crippen molar-refractivity contribution in [2.75, 3.05) is 24.7 Å². The third-order valence-corrected chi connectivity index (χ3v) is 10.2. The predicted molar refractivity (Wildman–Crippen MR) is 155 cm³/mol. The Kier molecular flexibility index (Phi) is 9.27. The zero-order valence-corrected chi connectivity index (χ0v) is 22.9. The maximum atomic E-state index is 6.06. The molecule has 0 N–H and O–H groups in total. The lowest BCUT2D eigenvalue weighted by Crippen LogP contribution is -2.55. The summed E-state index contributed by atoms with van der Waals surface area (Å²) in [7, 11) is -2.86. The van der Waals surface area contributed by atoms with Gasteiger partial charge in [0.2, 0.25) is 0 Å². The van der Waals surface area contributed by atoms with Crippen LogP contribution in [0.4, 0.5) is 17.1 Å². The van der Waals surface area contributed by atoms with Gasteiger partial charge in [0.1, 0.15) is 0 Å². The minimum Gasteiger partial charge on any atom is -0.370 e. The van der Waals surface area contributed by atoms with Crippen molar-refractivity contribution < 1.29 is 13.3 Å². The average Bonchev–Trinajstić information content (AvgIpc) is 3.40. The number of benzene rings is 3. The largest absolute Gasteiger partial charge is 0.547 e. The van der Waals surface area contributed by atoms with E-state index in [-0.39, 0.29) is 0 Å². The minimum absolute atomic E-state index is 0.560. The lowest BCUT2D eigenvalue weighted by atomic mass is 10.1. The van der Waals surface area contributed by atoms with Gasteiger partial charge in [-0.25, -0.2) is 0 Å². The topological polar surface area (TPSA) is 30.9 Å². The summed E-state index contributed by atoms with van der Waals surface area (Å²) in [4.78, 5) is 3.40. The first-order valence-electron chi connectivity index (χ1n) is 12.4. The molecule has 0 atom stereocenters. The number of hydrogen-bond donors (Lipinski definition) is 0. The standard InChI is InChI=1S/C30H33NO3SSi/c1-4-32-36(33-5-2,34-6-3)30-24-23-29(35-30)22-19-25-17-20-28(21-18-25)31(26-13-9-7-10-14-26)27-15-11-8-12-16-27/h7-24H,4-6H2,1-3H3/b22-19+. The number of thiophene rings is 1. The Morgan fingerprint density at radius 2 is 1.11 bits per heavy atom. The molecule has 6 heteroatoms. The van der Waals surface area contributed by atoms with Crippen LogP contribution in [0.15, 0.2) is 97.1 Å². The molecule has 0 saturated heterocycles. The Morgan fingerprint density at radius 3 is 1.61 bits per heavy atom. The summed E-state index contributed by atoms with van der Waals surface area (Å²) in [5.41, 5.74) is 4.51. The second-order valence-electron chi connectivity index (χ2n) is 7.99. The zero-order chi connectivity index (χ0) is 25.2. The van der Waals surface area contributed by atoms with E-state index in [4.69, 9.17) is 13.3 Å². The van der Waals surface area contributed by atoms with E-state index in [2.05, 4.69) is 102 Å². The number of para-hydroxylation sites is 2. The molecule has 4 aromatic rings. The van der Waals surface area contributed by atoms with Gasteiger partial charge in [-0.3, -0.25) is 0 Å². The Bertz CT molecular complexity index is 1170. The van der Waals surface area contributed by atoms with Crippen LogP contribution in [0.3, 0.4) is 0 Å². The van der Waals surface area contributed by atoms with Gasteiger partial charge in [-0.05, 0) is 80.9 Å². The van der Waals surface area contributed by atoms with Crippen LogP contribution >= 0.6 is 11.3 Å². The fourth-order valence-electron chi connectivity index (χ4n) is 4.03. The summed E-state index contributed by atoms with van der Waals surface area (Å²) in [6.07, 6.45) is 4.28. The monoisotopic (exact) mass is 515 g/mol. The molecule has 36 heavy (non-hydrogen) atoms. The summed E-state index contributed by atoms with van der Waals surface area (Å²) < 4.78 is 19.2. The minimum atomic E-state index is -2.86. The zero-order valence-electron chi connectivity index (χ0n) is 21.1. The molecule has 0 amide bonds.